The first-order chi connectivity index (χ1) is 13.5. The van der Waals surface area contributed by atoms with E-state index >= 15 is 0 Å². The van der Waals surface area contributed by atoms with Gasteiger partial charge < -0.3 is 9.47 Å². The zero-order valence-electron chi connectivity index (χ0n) is 15.9. The van der Waals surface area contributed by atoms with Gasteiger partial charge in [-0.1, -0.05) is 12.2 Å². The van der Waals surface area contributed by atoms with Crippen LogP contribution in [-0.4, -0.2) is 31.2 Å². The third kappa shape index (κ3) is 2.87. The first-order valence-corrected chi connectivity index (χ1v) is 10.3. The zero-order chi connectivity index (χ0) is 20.7. The molecule has 0 aromatic carbocycles. The maximum absolute atomic E-state index is 14.1. The van der Waals surface area contributed by atoms with E-state index in [1.54, 1.807) is 6.08 Å². The molecular weight excluding hydrogens is 398 g/mol. The molecule has 5 rings (SSSR count). The van der Waals surface area contributed by atoms with E-state index in [2.05, 4.69) is 0 Å². The third-order valence-corrected chi connectivity index (χ3v) is 8.00. The van der Waals surface area contributed by atoms with Gasteiger partial charge >= 0.3 is 12.4 Å². The number of hydrogen-bond acceptors (Lipinski definition) is 2. The molecule has 8 heteroatoms. The molecule has 6 unspecified atom stereocenters. The molecule has 1 saturated heterocycles. The number of fused-ring (bicyclic) bond motifs is 5. The van der Waals surface area contributed by atoms with E-state index in [0.29, 0.717) is 38.9 Å². The van der Waals surface area contributed by atoms with Gasteiger partial charge in [0, 0.05) is 24.4 Å². The van der Waals surface area contributed by atoms with Gasteiger partial charge in [0.15, 0.2) is 0 Å². The lowest BCUT2D eigenvalue weighted by molar-refractivity contribution is -0.378. The standard InChI is InChI=1S/C21H24F6O2/c22-20(23,24)19(21(25,26)27,10-15-6-12-1-2-14(15)5-12)29-17-8-13-7-16(17)18(9-13)3-4-28-11-18/h1-2,8,12-16H,3-7,9-11H2. The molecule has 0 aromatic heterocycles. The molecular formula is C21H24F6O2. The summed E-state index contributed by atoms with van der Waals surface area (Å²) >= 11 is 0. The van der Waals surface area contributed by atoms with Crippen molar-refractivity contribution < 1.29 is 35.8 Å². The number of ether oxygens (including phenoxy) is 2. The van der Waals surface area contributed by atoms with E-state index in [-0.39, 0.29) is 28.9 Å². The molecule has 6 atom stereocenters. The minimum absolute atomic E-state index is 0.0266. The molecule has 0 N–H and O–H groups in total. The maximum atomic E-state index is 14.1. The summed E-state index contributed by atoms with van der Waals surface area (Å²) in [4.78, 5) is 0. The minimum atomic E-state index is -5.54. The second kappa shape index (κ2) is 6.17. The lowest BCUT2D eigenvalue weighted by Gasteiger charge is -2.43. The van der Waals surface area contributed by atoms with Gasteiger partial charge in [0.2, 0.25) is 0 Å². The predicted molar refractivity (Wildman–Crippen MR) is 91.6 cm³/mol. The summed E-state index contributed by atoms with van der Waals surface area (Å²) in [5, 5.41) is 0. The van der Waals surface area contributed by atoms with Crippen LogP contribution in [0.3, 0.4) is 0 Å². The minimum Gasteiger partial charge on any atom is -0.473 e. The Morgan fingerprint density at radius 3 is 2.28 bits per heavy atom. The largest absolute Gasteiger partial charge is 0.473 e. The van der Waals surface area contributed by atoms with Gasteiger partial charge in [0.25, 0.3) is 5.60 Å². The molecule has 0 radical (unpaired) electrons. The van der Waals surface area contributed by atoms with Crippen LogP contribution >= 0.6 is 0 Å². The van der Waals surface area contributed by atoms with Gasteiger partial charge in [-0.3, -0.25) is 0 Å². The summed E-state index contributed by atoms with van der Waals surface area (Å²) in [6.07, 6.45) is -3.97. The normalized spacial score (nSPS) is 41.0. The van der Waals surface area contributed by atoms with Crippen LogP contribution < -0.4 is 0 Å². The molecule has 162 valence electrons. The zero-order valence-corrected chi connectivity index (χ0v) is 15.9. The van der Waals surface area contributed by atoms with Crippen LogP contribution in [0, 0.1) is 35.0 Å². The predicted octanol–water partition coefficient (Wildman–Crippen LogP) is 5.80. The second-order valence-corrected chi connectivity index (χ2v) is 9.66. The van der Waals surface area contributed by atoms with E-state index < -0.39 is 36.2 Å². The van der Waals surface area contributed by atoms with Crippen LogP contribution in [0.4, 0.5) is 26.3 Å². The average Bonchev–Trinajstić information content (AvgIpc) is 3.39. The van der Waals surface area contributed by atoms with Crippen molar-refractivity contribution in [3.05, 3.63) is 24.0 Å². The van der Waals surface area contributed by atoms with Crippen LogP contribution in [0.25, 0.3) is 0 Å². The highest BCUT2D eigenvalue weighted by atomic mass is 19.4. The Kier molecular flexibility index (Phi) is 4.21. The molecule has 29 heavy (non-hydrogen) atoms. The smallest absolute Gasteiger partial charge is 0.437 e. The summed E-state index contributed by atoms with van der Waals surface area (Å²) in [6, 6.07) is 0. The summed E-state index contributed by atoms with van der Waals surface area (Å²) in [6.45, 7) is 0.884. The van der Waals surface area contributed by atoms with E-state index in [4.69, 9.17) is 9.47 Å². The van der Waals surface area contributed by atoms with Crippen LogP contribution in [0.2, 0.25) is 0 Å². The third-order valence-electron chi connectivity index (χ3n) is 8.00. The lowest BCUT2D eigenvalue weighted by Crippen LogP contribution is -2.60. The first kappa shape index (κ1) is 19.8. The fourth-order valence-electron chi connectivity index (χ4n) is 6.61. The number of hydrogen-bond donors (Lipinski definition) is 0. The van der Waals surface area contributed by atoms with Gasteiger partial charge in [-0.05, 0) is 61.9 Å². The fraction of sp³-hybridized carbons (Fsp3) is 0.810. The molecule has 1 aliphatic heterocycles. The van der Waals surface area contributed by atoms with Gasteiger partial charge in [-0.25, -0.2) is 0 Å². The molecule has 2 nitrogen and oxygen atoms in total. The molecule has 5 aliphatic rings. The first-order valence-electron chi connectivity index (χ1n) is 10.3. The Balaban J connectivity index is 1.48. The Hall–Kier alpha value is -1.18. The average molecular weight is 422 g/mol. The maximum Gasteiger partial charge on any atom is 0.437 e. The van der Waals surface area contributed by atoms with Crippen LogP contribution in [0.15, 0.2) is 24.0 Å². The molecule has 0 aromatic rings. The van der Waals surface area contributed by atoms with E-state index in [0.717, 1.165) is 6.42 Å². The van der Waals surface area contributed by atoms with E-state index in [1.165, 1.54) is 6.08 Å². The molecule has 0 amide bonds. The van der Waals surface area contributed by atoms with E-state index in [1.807, 2.05) is 6.08 Å². The highest BCUT2D eigenvalue weighted by Gasteiger charge is 2.75. The Morgan fingerprint density at radius 2 is 1.76 bits per heavy atom. The van der Waals surface area contributed by atoms with Crippen molar-refractivity contribution in [3.63, 3.8) is 0 Å². The topological polar surface area (TPSA) is 18.5 Å². The van der Waals surface area contributed by atoms with Crippen molar-refractivity contribution in [3.8, 4) is 0 Å². The van der Waals surface area contributed by atoms with Crippen LogP contribution in [0.1, 0.15) is 38.5 Å². The molecule has 4 aliphatic carbocycles. The van der Waals surface area contributed by atoms with Crippen molar-refractivity contribution in [2.75, 3.05) is 13.2 Å². The number of allylic oxidation sites excluding steroid dienone is 4. The fourth-order valence-corrected chi connectivity index (χ4v) is 6.61. The highest BCUT2D eigenvalue weighted by molar-refractivity contribution is 5.24. The van der Waals surface area contributed by atoms with Crippen molar-refractivity contribution in [2.45, 2.75) is 56.5 Å². The van der Waals surface area contributed by atoms with Crippen LogP contribution in [0.5, 0.6) is 0 Å². The molecule has 3 fully saturated rings. The SMILES string of the molecule is FC(F)(F)C(CC1CC2C=CC1C2)(OC1=CC2CC1C1(CCOC1)C2)C(F)(F)F. The Bertz CT molecular complexity index is 716. The summed E-state index contributed by atoms with van der Waals surface area (Å²) in [5.41, 5.74) is -4.52. The quantitative estimate of drug-likeness (QED) is 0.421. The summed E-state index contributed by atoms with van der Waals surface area (Å²) in [5.74, 6) is -1.36. The van der Waals surface area contributed by atoms with Gasteiger partial charge in [-0.2, -0.15) is 26.3 Å². The van der Waals surface area contributed by atoms with Crippen molar-refractivity contribution in [1.29, 1.82) is 0 Å². The molecule has 1 spiro atoms. The van der Waals surface area contributed by atoms with E-state index in [9.17, 15) is 26.3 Å². The van der Waals surface area contributed by atoms with Crippen molar-refractivity contribution in [1.82, 2.24) is 0 Å². The van der Waals surface area contributed by atoms with Gasteiger partial charge in [0.1, 0.15) is 0 Å². The number of alkyl halides is 6. The van der Waals surface area contributed by atoms with Crippen molar-refractivity contribution in [2.24, 2.45) is 35.0 Å². The Morgan fingerprint density at radius 1 is 1.00 bits per heavy atom. The molecule has 2 saturated carbocycles. The van der Waals surface area contributed by atoms with Gasteiger partial charge in [0.05, 0.1) is 12.4 Å². The van der Waals surface area contributed by atoms with Gasteiger partial charge in [-0.15, -0.1) is 0 Å². The number of halogens is 6. The lowest BCUT2D eigenvalue weighted by atomic mass is 9.74. The summed E-state index contributed by atoms with van der Waals surface area (Å²) in [7, 11) is 0. The highest BCUT2D eigenvalue weighted by Crippen LogP contribution is 2.62. The summed E-state index contributed by atoms with van der Waals surface area (Å²) < 4.78 is 95.3. The second-order valence-electron chi connectivity index (χ2n) is 9.66. The Labute approximate surface area is 165 Å². The number of rotatable bonds is 4. The van der Waals surface area contributed by atoms with Crippen molar-refractivity contribution >= 4 is 0 Å². The molecule has 1 heterocycles. The molecule has 4 bridgehead atoms. The van der Waals surface area contributed by atoms with Crippen LogP contribution in [-0.2, 0) is 9.47 Å². The monoisotopic (exact) mass is 422 g/mol.